The van der Waals surface area contributed by atoms with Gasteiger partial charge in [0.25, 0.3) is 0 Å². The molecule has 2 heterocycles. The first-order valence-corrected chi connectivity index (χ1v) is 6.46. The number of carboxylic acid groups (broad SMARTS) is 1. The second-order valence-corrected chi connectivity index (χ2v) is 4.90. The number of carbonyl (C=O) groups excluding carboxylic acids is 1. The number of pyridine rings is 1. The number of aromatic nitrogens is 1. The Bertz CT molecular complexity index is 520. The van der Waals surface area contributed by atoms with Crippen molar-refractivity contribution in [3.63, 3.8) is 0 Å². The van der Waals surface area contributed by atoms with Gasteiger partial charge in [0.1, 0.15) is 0 Å². The van der Waals surface area contributed by atoms with E-state index in [9.17, 15) is 14.7 Å². The number of aryl methyl sites for hydroxylation is 1. The molecular weight excluding hydrogens is 260 g/mol. The highest BCUT2D eigenvalue weighted by molar-refractivity contribution is 5.78. The number of nitrogens with zero attached hydrogens (tertiary/aromatic N) is 2. The molecule has 2 unspecified atom stereocenters. The number of amides is 2. The molecule has 0 aromatic carbocycles. The van der Waals surface area contributed by atoms with Crippen molar-refractivity contribution in [1.82, 2.24) is 15.3 Å². The Morgan fingerprint density at radius 2 is 2.30 bits per heavy atom. The number of piperidine rings is 1. The van der Waals surface area contributed by atoms with Crippen molar-refractivity contribution in [2.75, 3.05) is 6.54 Å². The monoisotopic (exact) mass is 278 g/mol. The van der Waals surface area contributed by atoms with Gasteiger partial charge in [-0.1, -0.05) is 6.07 Å². The summed E-state index contributed by atoms with van der Waals surface area (Å²) in [7, 11) is 0. The zero-order valence-corrected chi connectivity index (χ0v) is 11.2. The lowest BCUT2D eigenvalue weighted by Gasteiger charge is -2.37. The molecule has 0 saturated carbocycles. The van der Waals surface area contributed by atoms with Crippen molar-refractivity contribution in [1.29, 1.82) is 0 Å². The van der Waals surface area contributed by atoms with E-state index in [1.807, 2.05) is 13.0 Å². The Hall–Kier alpha value is -2.15. The van der Waals surface area contributed by atoms with E-state index in [0.29, 0.717) is 19.4 Å². The number of carbonyl (C=O) groups is 2. The van der Waals surface area contributed by atoms with Crippen LogP contribution in [0, 0.1) is 12.8 Å². The highest BCUT2D eigenvalue weighted by atomic mass is 16.4. The van der Waals surface area contributed by atoms with Crippen LogP contribution in [-0.2, 0) is 4.79 Å². The predicted molar refractivity (Wildman–Crippen MR) is 71.5 cm³/mol. The van der Waals surface area contributed by atoms with Gasteiger partial charge in [-0.3, -0.25) is 15.2 Å². The Morgan fingerprint density at radius 3 is 2.90 bits per heavy atom. The van der Waals surface area contributed by atoms with Gasteiger partial charge in [0.05, 0.1) is 6.04 Å². The number of hydrazine groups is 1. The quantitative estimate of drug-likeness (QED) is 0.421. The smallest absolute Gasteiger partial charge is 0.407 e. The van der Waals surface area contributed by atoms with Gasteiger partial charge in [0.15, 0.2) is 0 Å². The second kappa shape index (κ2) is 5.87. The van der Waals surface area contributed by atoms with Gasteiger partial charge in [-0.25, -0.2) is 10.6 Å². The molecule has 1 aromatic heterocycles. The van der Waals surface area contributed by atoms with Gasteiger partial charge >= 0.3 is 6.09 Å². The molecule has 108 valence electrons. The molecule has 0 spiro atoms. The summed E-state index contributed by atoms with van der Waals surface area (Å²) in [6.45, 7) is 2.15. The Labute approximate surface area is 116 Å². The molecule has 1 aromatic rings. The average molecular weight is 278 g/mol. The summed E-state index contributed by atoms with van der Waals surface area (Å²) in [5.41, 5.74) is 3.76. The molecule has 1 saturated heterocycles. The van der Waals surface area contributed by atoms with Crippen molar-refractivity contribution >= 4 is 12.0 Å². The maximum Gasteiger partial charge on any atom is 0.407 e. The fourth-order valence-electron chi connectivity index (χ4n) is 2.69. The minimum absolute atomic E-state index is 0.249. The molecule has 1 aliphatic heterocycles. The molecule has 7 nitrogen and oxygen atoms in total. The number of hydrogen-bond acceptors (Lipinski definition) is 4. The van der Waals surface area contributed by atoms with E-state index >= 15 is 0 Å². The first-order valence-electron chi connectivity index (χ1n) is 6.46. The number of nitrogens with two attached hydrogens (primary N) is 1. The number of likely N-dealkylation sites (tertiary alicyclic amines) is 1. The Kier molecular flexibility index (Phi) is 4.19. The van der Waals surface area contributed by atoms with E-state index in [2.05, 4.69) is 10.4 Å². The molecule has 20 heavy (non-hydrogen) atoms. The minimum atomic E-state index is -0.982. The molecular formula is C13H18N4O3. The van der Waals surface area contributed by atoms with E-state index in [-0.39, 0.29) is 17.9 Å². The lowest BCUT2D eigenvalue weighted by molar-refractivity contribution is -0.127. The maximum absolute atomic E-state index is 11.7. The summed E-state index contributed by atoms with van der Waals surface area (Å²) < 4.78 is 0. The van der Waals surface area contributed by atoms with Crippen molar-refractivity contribution in [3.05, 3.63) is 29.6 Å². The Balaban J connectivity index is 2.30. The molecule has 2 atom stereocenters. The van der Waals surface area contributed by atoms with Gasteiger partial charge in [0, 0.05) is 24.4 Å². The fraction of sp³-hybridized carbons (Fsp3) is 0.462. The molecule has 7 heteroatoms. The lowest BCUT2D eigenvalue weighted by atomic mass is 9.86. The van der Waals surface area contributed by atoms with E-state index in [1.165, 1.54) is 4.90 Å². The third-order valence-electron chi connectivity index (χ3n) is 3.77. The third-order valence-corrected chi connectivity index (χ3v) is 3.77. The summed E-state index contributed by atoms with van der Waals surface area (Å²) in [5.74, 6) is 4.64. The van der Waals surface area contributed by atoms with Crippen LogP contribution in [0.3, 0.4) is 0 Å². The van der Waals surface area contributed by atoms with Crippen LogP contribution in [0.2, 0.25) is 0 Å². The van der Waals surface area contributed by atoms with Crippen LogP contribution in [0.25, 0.3) is 0 Å². The summed E-state index contributed by atoms with van der Waals surface area (Å²) in [5, 5.41) is 9.32. The number of hydrogen-bond donors (Lipinski definition) is 3. The zero-order valence-electron chi connectivity index (χ0n) is 11.2. The molecule has 1 fully saturated rings. The van der Waals surface area contributed by atoms with Crippen LogP contribution in [0.1, 0.15) is 30.1 Å². The molecule has 4 N–H and O–H groups in total. The molecule has 0 radical (unpaired) electrons. The van der Waals surface area contributed by atoms with Crippen LogP contribution < -0.4 is 11.3 Å². The van der Waals surface area contributed by atoms with Gasteiger partial charge < -0.3 is 10.0 Å². The SMILES string of the molecule is Cc1ncccc1C1CC(C(=O)NN)CCN1C(=O)O. The van der Waals surface area contributed by atoms with Crippen LogP contribution in [0.15, 0.2) is 18.3 Å². The summed E-state index contributed by atoms with van der Waals surface area (Å²) in [6, 6.07) is 3.26. The van der Waals surface area contributed by atoms with Gasteiger partial charge in [-0.05, 0) is 31.4 Å². The minimum Gasteiger partial charge on any atom is -0.465 e. The summed E-state index contributed by atoms with van der Waals surface area (Å²) in [4.78, 5) is 28.6. The fourth-order valence-corrected chi connectivity index (χ4v) is 2.69. The normalized spacial score (nSPS) is 22.4. The van der Waals surface area contributed by atoms with E-state index < -0.39 is 6.09 Å². The van der Waals surface area contributed by atoms with Crippen molar-refractivity contribution in [2.24, 2.45) is 11.8 Å². The lowest BCUT2D eigenvalue weighted by Crippen LogP contribution is -2.46. The number of rotatable bonds is 2. The molecule has 2 rings (SSSR count). The van der Waals surface area contributed by atoms with Crippen molar-refractivity contribution in [2.45, 2.75) is 25.8 Å². The predicted octanol–water partition coefficient (Wildman–Crippen LogP) is 0.811. The van der Waals surface area contributed by atoms with Crippen LogP contribution in [0.4, 0.5) is 4.79 Å². The molecule has 2 amide bonds. The third kappa shape index (κ3) is 2.72. The molecule has 0 bridgehead atoms. The topological polar surface area (TPSA) is 109 Å². The molecule has 1 aliphatic rings. The standard InChI is InChI=1S/C13H18N4O3/c1-8-10(3-2-5-15-8)11-7-9(12(18)16-14)4-6-17(11)13(19)20/h2-3,5,9,11H,4,6-7,14H2,1H3,(H,16,18)(H,19,20). The van der Waals surface area contributed by atoms with E-state index in [1.54, 1.807) is 12.3 Å². The summed E-state index contributed by atoms with van der Waals surface area (Å²) >= 11 is 0. The van der Waals surface area contributed by atoms with Crippen LogP contribution >= 0.6 is 0 Å². The largest absolute Gasteiger partial charge is 0.465 e. The van der Waals surface area contributed by atoms with Crippen molar-refractivity contribution < 1.29 is 14.7 Å². The molecule has 0 aliphatic carbocycles. The van der Waals surface area contributed by atoms with E-state index in [4.69, 9.17) is 5.84 Å². The van der Waals surface area contributed by atoms with Gasteiger partial charge in [-0.2, -0.15) is 0 Å². The van der Waals surface area contributed by atoms with Gasteiger partial charge in [0.2, 0.25) is 5.91 Å². The maximum atomic E-state index is 11.7. The van der Waals surface area contributed by atoms with Crippen LogP contribution in [-0.4, -0.2) is 33.5 Å². The van der Waals surface area contributed by atoms with E-state index in [0.717, 1.165) is 11.3 Å². The first-order chi connectivity index (χ1) is 9.54. The first kappa shape index (κ1) is 14.3. The average Bonchev–Trinajstić information content (AvgIpc) is 2.46. The zero-order chi connectivity index (χ0) is 14.7. The Morgan fingerprint density at radius 1 is 1.55 bits per heavy atom. The van der Waals surface area contributed by atoms with Gasteiger partial charge in [-0.15, -0.1) is 0 Å². The highest BCUT2D eigenvalue weighted by Gasteiger charge is 2.36. The van der Waals surface area contributed by atoms with Crippen molar-refractivity contribution in [3.8, 4) is 0 Å². The number of nitrogens with one attached hydrogen (secondary N) is 1. The van der Waals surface area contributed by atoms with Crippen LogP contribution in [0.5, 0.6) is 0 Å². The highest BCUT2D eigenvalue weighted by Crippen LogP contribution is 2.35. The second-order valence-electron chi connectivity index (χ2n) is 4.90. The summed E-state index contributed by atoms with van der Waals surface area (Å²) in [6.07, 6.45) is 1.58.